The molecule has 4 unspecified atom stereocenters. The van der Waals surface area contributed by atoms with Crippen LogP contribution < -0.4 is 16.4 Å². The van der Waals surface area contributed by atoms with Crippen molar-refractivity contribution in [3.8, 4) is 5.75 Å². The lowest BCUT2D eigenvalue weighted by molar-refractivity contribution is -0.142. The average molecular weight is 449 g/mol. The van der Waals surface area contributed by atoms with E-state index in [0.717, 1.165) is 0 Å². The van der Waals surface area contributed by atoms with Crippen LogP contribution in [-0.4, -0.2) is 69.5 Å². The summed E-state index contributed by atoms with van der Waals surface area (Å²) in [6.07, 6.45) is 1.16. The number of phenolic OH excluding ortho intramolecular Hbond substituents is 1. The van der Waals surface area contributed by atoms with E-state index in [-0.39, 0.29) is 24.0 Å². The van der Waals surface area contributed by atoms with Crippen LogP contribution in [0.5, 0.6) is 5.75 Å². The molecule has 176 valence electrons. The first kappa shape index (κ1) is 25.1. The molecule has 0 radical (unpaired) electrons. The van der Waals surface area contributed by atoms with Gasteiger partial charge in [0.15, 0.2) is 0 Å². The smallest absolute Gasteiger partial charge is 0.325 e. The van der Waals surface area contributed by atoms with Gasteiger partial charge in [-0.1, -0.05) is 26.0 Å². The number of carbonyl (C=O) groups excluding carboxylic acids is 3. The summed E-state index contributed by atoms with van der Waals surface area (Å²) in [5.41, 5.74) is 6.65. The highest BCUT2D eigenvalue weighted by molar-refractivity contribution is 5.94. The summed E-state index contributed by atoms with van der Waals surface area (Å²) in [5, 5.41) is 23.6. The maximum Gasteiger partial charge on any atom is 0.325 e. The molecule has 0 aliphatic carbocycles. The molecule has 32 heavy (non-hydrogen) atoms. The van der Waals surface area contributed by atoms with Gasteiger partial charge in [-0.3, -0.25) is 19.2 Å². The second kappa shape index (κ2) is 10.9. The molecule has 4 atom stereocenters. The van der Waals surface area contributed by atoms with Crippen LogP contribution in [0.25, 0.3) is 0 Å². The van der Waals surface area contributed by atoms with Gasteiger partial charge in [0, 0.05) is 13.0 Å². The molecule has 0 bridgehead atoms. The zero-order valence-electron chi connectivity index (χ0n) is 18.6. The van der Waals surface area contributed by atoms with Crippen LogP contribution in [-0.2, 0) is 25.6 Å². The van der Waals surface area contributed by atoms with Crippen LogP contribution in [0.2, 0.25) is 0 Å². The molecular weight excluding hydrogens is 416 g/mol. The van der Waals surface area contributed by atoms with E-state index in [4.69, 9.17) is 10.8 Å². The highest BCUT2D eigenvalue weighted by atomic mass is 16.4. The van der Waals surface area contributed by atoms with Crippen LogP contribution >= 0.6 is 0 Å². The van der Waals surface area contributed by atoms with Gasteiger partial charge in [-0.25, -0.2) is 0 Å². The number of carboxylic acid groups (broad SMARTS) is 1. The van der Waals surface area contributed by atoms with Crippen LogP contribution in [0.3, 0.4) is 0 Å². The highest BCUT2D eigenvalue weighted by Crippen LogP contribution is 2.20. The molecule has 1 aromatic carbocycles. The summed E-state index contributed by atoms with van der Waals surface area (Å²) in [5.74, 6) is -2.69. The van der Waals surface area contributed by atoms with Gasteiger partial charge in [0.25, 0.3) is 0 Å². The molecule has 2 rings (SSSR count). The molecular formula is C22H32N4O6. The standard InChI is InChI=1S/C22H32N4O6/c1-12(2)18(23)21(30)26-10-4-5-17(26)20(29)25-16(19(28)24-13(3)22(31)32)11-14-6-8-15(27)9-7-14/h6-9,12-13,16-18,27H,4-5,10-11,23H2,1-3H3,(H,24,28)(H,25,29)(H,31,32). The highest BCUT2D eigenvalue weighted by Gasteiger charge is 2.38. The van der Waals surface area contributed by atoms with E-state index in [9.17, 15) is 24.3 Å². The Balaban J connectivity index is 2.18. The molecule has 1 aromatic rings. The fourth-order valence-electron chi connectivity index (χ4n) is 3.50. The molecule has 1 fully saturated rings. The van der Waals surface area contributed by atoms with Gasteiger partial charge in [-0.2, -0.15) is 0 Å². The third-order valence-corrected chi connectivity index (χ3v) is 5.58. The molecule has 3 amide bonds. The van der Waals surface area contributed by atoms with E-state index in [1.165, 1.54) is 24.0 Å². The first-order valence-electron chi connectivity index (χ1n) is 10.7. The number of aromatic hydroxyl groups is 1. The molecule has 6 N–H and O–H groups in total. The van der Waals surface area contributed by atoms with Crippen LogP contribution in [0.1, 0.15) is 39.2 Å². The Morgan fingerprint density at radius 1 is 1.12 bits per heavy atom. The molecule has 1 heterocycles. The zero-order valence-corrected chi connectivity index (χ0v) is 18.6. The monoisotopic (exact) mass is 448 g/mol. The van der Waals surface area contributed by atoms with Gasteiger partial charge in [-0.15, -0.1) is 0 Å². The van der Waals surface area contributed by atoms with Gasteiger partial charge < -0.3 is 31.5 Å². The minimum atomic E-state index is -1.21. The van der Waals surface area contributed by atoms with Crippen molar-refractivity contribution in [1.29, 1.82) is 0 Å². The summed E-state index contributed by atoms with van der Waals surface area (Å²) in [6, 6.07) is 2.44. The second-order valence-corrected chi connectivity index (χ2v) is 8.46. The number of benzene rings is 1. The maximum absolute atomic E-state index is 13.0. The van der Waals surface area contributed by atoms with Crippen molar-refractivity contribution in [3.05, 3.63) is 29.8 Å². The van der Waals surface area contributed by atoms with Crippen LogP contribution in [0, 0.1) is 5.92 Å². The predicted octanol–water partition coefficient (Wildman–Crippen LogP) is -0.0169. The van der Waals surface area contributed by atoms with Crippen molar-refractivity contribution >= 4 is 23.7 Å². The fraction of sp³-hybridized carbons (Fsp3) is 0.545. The molecule has 0 spiro atoms. The Morgan fingerprint density at radius 3 is 2.31 bits per heavy atom. The normalized spacial score (nSPS) is 18.7. The molecule has 1 saturated heterocycles. The van der Waals surface area contributed by atoms with Crippen molar-refractivity contribution in [3.63, 3.8) is 0 Å². The first-order chi connectivity index (χ1) is 15.0. The number of rotatable bonds is 9. The summed E-state index contributed by atoms with van der Waals surface area (Å²) >= 11 is 0. The van der Waals surface area contributed by atoms with Gasteiger partial charge >= 0.3 is 5.97 Å². The van der Waals surface area contributed by atoms with E-state index in [2.05, 4.69) is 10.6 Å². The quantitative estimate of drug-likeness (QED) is 0.355. The number of phenols is 1. The SMILES string of the molecule is CC(NC(=O)C(Cc1ccc(O)cc1)NC(=O)C1CCCN1C(=O)C(N)C(C)C)C(=O)O. The van der Waals surface area contributed by atoms with Crippen LogP contribution in [0.15, 0.2) is 24.3 Å². The number of nitrogens with one attached hydrogen (secondary N) is 2. The van der Waals surface area contributed by atoms with Crippen molar-refractivity contribution < 1.29 is 29.4 Å². The van der Waals surface area contributed by atoms with Crippen molar-refractivity contribution in [2.75, 3.05) is 6.54 Å². The largest absolute Gasteiger partial charge is 0.508 e. The van der Waals surface area contributed by atoms with Gasteiger partial charge in [0.1, 0.15) is 23.9 Å². The van der Waals surface area contributed by atoms with Gasteiger partial charge in [-0.05, 0) is 43.4 Å². The summed E-state index contributed by atoms with van der Waals surface area (Å²) in [6.45, 7) is 5.39. The van der Waals surface area contributed by atoms with E-state index in [1.54, 1.807) is 12.1 Å². The lowest BCUT2D eigenvalue weighted by atomic mass is 10.0. The first-order valence-corrected chi connectivity index (χ1v) is 10.7. The van der Waals surface area contributed by atoms with Crippen molar-refractivity contribution in [1.82, 2.24) is 15.5 Å². The zero-order chi connectivity index (χ0) is 24.0. The summed E-state index contributed by atoms with van der Waals surface area (Å²) in [7, 11) is 0. The lowest BCUT2D eigenvalue weighted by Gasteiger charge is -2.29. The van der Waals surface area contributed by atoms with Crippen molar-refractivity contribution in [2.24, 2.45) is 11.7 Å². The topological polar surface area (TPSA) is 162 Å². The number of likely N-dealkylation sites (tertiary alicyclic amines) is 1. The van der Waals surface area contributed by atoms with Gasteiger partial charge in [0.2, 0.25) is 17.7 Å². The molecule has 0 aromatic heterocycles. The lowest BCUT2D eigenvalue weighted by Crippen LogP contribution is -2.57. The van der Waals surface area contributed by atoms with Crippen LogP contribution in [0.4, 0.5) is 0 Å². The number of carbonyl (C=O) groups is 4. The summed E-state index contributed by atoms with van der Waals surface area (Å²) < 4.78 is 0. The number of carboxylic acids is 1. The number of amides is 3. The average Bonchev–Trinajstić information content (AvgIpc) is 3.23. The Hall–Kier alpha value is -3.14. The molecule has 1 aliphatic rings. The fourth-order valence-corrected chi connectivity index (χ4v) is 3.50. The molecule has 10 heteroatoms. The van der Waals surface area contributed by atoms with E-state index >= 15 is 0 Å². The third-order valence-electron chi connectivity index (χ3n) is 5.58. The van der Waals surface area contributed by atoms with Crippen molar-refractivity contribution in [2.45, 2.75) is 64.2 Å². The number of hydrogen-bond acceptors (Lipinski definition) is 6. The van der Waals surface area contributed by atoms with Gasteiger partial charge in [0.05, 0.1) is 6.04 Å². The Labute approximate surface area is 187 Å². The Kier molecular flexibility index (Phi) is 8.59. The van der Waals surface area contributed by atoms with E-state index in [1.807, 2.05) is 13.8 Å². The molecule has 10 nitrogen and oxygen atoms in total. The number of aliphatic carboxylic acids is 1. The third kappa shape index (κ3) is 6.43. The maximum atomic E-state index is 13.0. The Morgan fingerprint density at radius 2 is 1.75 bits per heavy atom. The molecule has 0 saturated carbocycles. The Bertz CT molecular complexity index is 841. The number of nitrogens with zero attached hydrogens (tertiary/aromatic N) is 1. The van der Waals surface area contributed by atoms with E-state index in [0.29, 0.717) is 24.9 Å². The number of nitrogens with two attached hydrogens (primary N) is 1. The summed E-state index contributed by atoms with van der Waals surface area (Å²) in [4.78, 5) is 51.1. The second-order valence-electron chi connectivity index (χ2n) is 8.46. The minimum absolute atomic E-state index is 0.0555. The number of hydrogen-bond donors (Lipinski definition) is 5. The predicted molar refractivity (Wildman–Crippen MR) is 117 cm³/mol. The minimum Gasteiger partial charge on any atom is -0.508 e. The molecule has 1 aliphatic heterocycles. The van der Waals surface area contributed by atoms with E-state index < -0.39 is 42.0 Å².